The second kappa shape index (κ2) is 4.09. The molecule has 1 aromatic carbocycles. The van der Waals surface area contributed by atoms with Gasteiger partial charge in [0.1, 0.15) is 6.33 Å². The minimum Gasteiger partial charge on any atom is -0.282 e. The predicted molar refractivity (Wildman–Crippen MR) is 58.7 cm³/mol. The lowest BCUT2D eigenvalue weighted by atomic mass is 10.1. The van der Waals surface area contributed by atoms with Crippen molar-refractivity contribution < 1.29 is 4.39 Å². The minimum atomic E-state index is -0.337. The van der Waals surface area contributed by atoms with Gasteiger partial charge in [0, 0.05) is 12.4 Å². The van der Waals surface area contributed by atoms with Crippen LogP contribution in [0.3, 0.4) is 0 Å². The number of nitrogens with zero attached hydrogens (tertiary/aromatic N) is 2. The van der Waals surface area contributed by atoms with E-state index in [9.17, 15) is 4.39 Å². The van der Waals surface area contributed by atoms with Crippen molar-refractivity contribution in [2.24, 2.45) is 0 Å². The Bertz CT molecular complexity index is 455. The second-order valence-corrected chi connectivity index (χ2v) is 3.35. The molecule has 0 N–H and O–H groups in total. The van der Waals surface area contributed by atoms with Crippen LogP contribution in [0.5, 0.6) is 0 Å². The molecule has 1 heterocycles. The molecular weight excluding hydrogens is 191 g/mol. The van der Waals surface area contributed by atoms with Gasteiger partial charge in [0.25, 0.3) is 0 Å². The number of hydrogen-bond donors (Lipinski definition) is 0. The van der Waals surface area contributed by atoms with Gasteiger partial charge in [-0.05, 0) is 18.6 Å². The number of imidazole rings is 1. The molecule has 0 aliphatic heterocycles. The lowest BCUT2D eigenvalue weighted by molar-refractivity contribution is 0.693. The van der Waals surface area contributed by atoms with Crippen LogP contribution in [0.2, 0.25) is 0 Å². The molecule has 0 unspecified atom stereocenters. The van der Waals surface area contributed by atoms with Crippen molar-refractivity contribution in [2.45, 2.75) is 6.92 Å². The SMILES string of the molecule is Cc1ccc(/C=C(\F)n2ccnc2)cc1. The zero-order valence-corrected chi connectivity index (χ0v) is 8.39. The average molecular weight is 202 g/mol. The highest BCUT2D eigenvalue weighted by Crippen LogP contribution is 2.12. The van der Waals surface area contributed by atoms with E-state index in [0.717, 1.165) is 11.1 Å². The third-order valence-corrected chi connectivity index (χ3v) is 2.11. The van der Waals surface area contributed by atoms with Gasteiger partial charge in [-0.25, -0.2) is 4.98 Å². The average Bonchev–Trinajstić information content (AvgIpc) is 2.74. The lowest BCUT2D eigenvalue weighted by Crippen LogP contribution is -1.87. The quantitative estimate of drug-likeness (QED) is 0.731. The van der Waals surface area contributed by atoms with Crippen LogP contribution in [0, 0.1) is 6.92 Å². The van der Waals surface area contributed by atoms with E-state index in [0.29, 0.717) is 0 Å². The Morgan fingerprint density at radius 1 is 1.33 bits per heavy atom. The van der Waals surface area contributed by atoms with Gasteiger partial charge < -0.3 is 0 Å². The van der Waals surface area contributed by atoms with Crippen molar-refractivity contribution in [1.29, 1.82) is 0 Å². The third-order valence-electron chi connectivity index (χ3n) is 2.11. The highest BCUT2D eigenvalue weighted by Gasteiger charge is 1.97. The number of benzene rings is 1. The van der Waals surface area contributed by atoms with Gasteiger partial charge in [-0.3, -0.25) is 4.57 Å². The van der Waals surface area contributed by atoms with Gasteiger partial charge >= 0.3 is 0 Å². The van der Waals surface area contributed by atoms with Crippen LogP contribution >= 0.6 is 0 Å². The van der Waals surface area contributed by atoms with Crippen molar-refractivity contribution in [3.63, 3.8) is 0 Å². The Morgan fingerprint density at radius 3 is 2.67 bits per heavy atom. The summed E-state index contributed by atoms with van der Waals surface area (Å²) in [5, 5.41) is 0. The van der Waals surface area contributed by atoms with Gasteiger partial charge in [-0.2, -0.15) is 4.39 Å². The fourth-order valence-corrected chi connectivity index (χ4v) is 1.26. The monoisotopic (exact) mass is 202 g/mol. The summed E-state index contributed by atoms with van der Waals surface area (Å²) in [6, 6.07) is 7.66. The van der Waals surface area contributed by atoms with E-state index in [2.05, 4.69) is 4.98 Å². The molecule has 2 nitrogen and oxygen atoms in total. The summed E-state index contributed by atoms with van der Waals surface area (Å²) in [5.41, 5.74) is 2.00. The number of aryl methyl sites for hydroxylation is 1. The van der Waals surface area contributed by atoms with E-state index in [-0.39, 0.29) is 5.95 Å². The van der Waals surface area contributed by atoms with Crippen LogP contribution in [-0.2, 0) is 0 Å². The Morgan fingerprint density at radius 2 is 2.07 bits per heavy atom. The summed E-state index contributed by atoms with van der Waals surface area (Å²) in [6.07, 6.45) is 6.02. The summed E-state index contributed by atoms with van der Waals surface area (Å²) in [6.45, 7) is 2.00. The molecule has 1 aromatic heterocycles. The Balaban J connectivity index is 2.27. The zero-order valence-electron chi connectivity index (χ0n) is 8.39. The molecule has 15 heavy (non-hydrogen) atoms. The first kappa shape index (κ1) is 9.65. The summed E-state index contributed by atoms with van der Waals surface area (Å²) < 4.78 is 14.9. The van der Waals surface area contributed by atoms with E-state index in [4.69, 9.17) is 0 Å². The molecule has 2 rings (SSSR count). The Hall–Kier alpha value is -1.90. The van der Waals surface area contributed by atoms with Gasteiger partial charge in [0.05, 0.1) is 0 Å². The van der Waals surface area contributed by atoms with Crippen LogP contribution in [-0.4, -0.2) is 9.55 Å². The van der Waals surface area contributed by atoms with Gasteiger partial charge in [0.2, 0.25) is 0 Å². The first-order valence-electron chi connectivity index (χ1n) is 4.68. The van der Waals surface area contributed by atoms with Gasteiger partial charge in [0.15, 0.2) is 5.95 Å². The van der Waals surface area contributed by atoms with Crippen LogP contribution in [0.1, 0.15) is 11.1 Å². The fraction of sp³-hybridized carbons (Fsp3) is 0.0833. The summed E-state index contributed by atoms with van der Waals surface area (Å²) in [7, 11) is 0. The molecule has 0 aliphatic rings. The summed E-state index contributed by atoms with van der Waals surface area (Å²) in [4.78, 5) is 3.78. The first-order valence-corrected chi connectivity index (χ1v) is 4.68. The number of aromatic nitrogens is 2. The van der Waals surface area contributed by atoms with Gasteiger partial charge in [-0.15, -0.1) is 0 Å². The standard InChI is InChI=1S/C12H11FN2/c1-10-2-4-11(5-3-10)8-12(13)15-7-6-14-9-15/h2-9H,1H3/b12-8+. The first-order chi connectivity index (χ1) is 7.25. The fourth-order valence-electron chi connectivity index (χ4n) is 1.26. The third kappa shape index (κ3) is 2.31. The molecule has 0 spiro atoms. The number of hydrogen-bond acceptors (Lipinski definition) is 1. The molecule has 0 saturated heterocycles. The molecule has 0 amide bonds. The highest BCUT2D eigenvalue weighted by molar-refractivity contribution is 5.66. The molecular formula is C12H11FN2. The van der Waals surface area contributed by atoms with Crippen molar-refractivity contribution in [1.82, 2.24) is 9.55 Å². The van der Waals surface area contributed by atoms with Crippen LogP contribution < -0.4 is 0 Å². The molecule has 76 valence electrons. The van der Waals surface area contributed by atoms with Crippen molar-refractivity contribution >= 4 is 12.0 Å². The summed E-state index contributed by atoms with van der Waals surface area (Å²) >= 11 is 0. The number of halogens is 1. The van der Waals surface area contributed by atoms with E-state index >= 15 is 0 Å². The lowest BCUT2D eigenvalue weighted by Gasteiger charge is -1.98. The molecule has 3 heteroatoms. The normalized spacial score (nSPS) is 11.7. The van der Waals surface area contributed by atoms with Gasteiger partial charge in [-0.1, -0.05) is 29.8 Å². The molecule has 2 aromatic rings. The van der Waals surface area contributed by atoms with Crippen molar-refractivity contribution in [2.75, 3.05) is 0 Å². The van der Waals surface area contributed by atoms with Crippen molar-refractivity contribution in [3.05, 3.63) is 54.1 Å². The second-order valence-electron chi connectivity index (χ2n) is 3.35. The highest BCUT2D eigenvalue weighted by atomic mass is 19.1. The molecule has 0 aliphatic carbocycles. The van der Waals surface area contributed by atoms with E-state index in [1.807, 2.05) is 31.2 Å². The topological polar surface area (TPSA) is 17.8 Å². The molecule has 0 bridgehead atoms. The minimum absolute atomic E-state index is 0.337. The van der Waals surface area contributed by atoms with Crippen LogP contribution in [0.25, 0.3) is 12.0 Å². The molecule has 0 radical (unpaired) electrons. The van der Waals surface area contributed by atoms with E-state index in [1.54, 1.807) is 12.4 Å². The molecule has 0 fully saturated rings. The van der Waals surface area contributed by atoms with Crippen LogP contribution in [0.4, 0.5) is 4.39 Å². The Labute approximate surface area is 87.7 Å². The van der Waals surface area contributed by atoms with Crippen molar-refractivity contribution in [3.8, 4) is 0 Å². The predicted octanol–water partition coefficient (Wildman–Crippen LogP) is 3.12. The summed E-state index contributed by atoms with van der Waals surface area (Å²) in [5.74, 6) is -0.337. The van der Waals surface area contributed by atoms with E-state index in [1.165, 1.54) is 17.0 Å². The largest absolute Gasteiger partial charge is 0.282 e. The Kier molecular flexibility index (Phi) is 2.63. The maximum atomic E-state index is 13.5. The maximum Gasteiger partial charge on any atom is 0.199 e. The van der Waals surface area contributed by atoms with E-state index < -0.39 is 0 Å². The molecule has 0 saturated carbocycles. The number of rotatable bonds is 2. The van der Waals surface area contributed by atoms with Crippen LogP contribution in [0.15, 0.2) is 43.0 Å². The molecule has 0 atom stereocenters. The zero-order chi connectivity index (χ0) is 10.7. The maximum absolute atomic E-state index is 13.5. The smallest absolute Gasteiger partial charge is 0.199 e.